The molecule has 7 heteroatoms. The summed E-state index contributed by atoms with van der Waals surface area (Å²) in [4.78, 5) is 14.3. The molecule has 1 heterocycles. The van der Waals surface area contributed by atoms with Crippen LogP contribution in [0, 0.1) is 12.8 Å². The zero-order valence-corrected chi connectivity index (χ0v) is 18.3. The quantitative estimate of drug-likeness (QED) is 0.424. The molecule has 0 aliphatic heterocycles. The van der Waals surface area contributed by atoms with Crippen molar-refractivity contribution in [1.29, 1.82) is 0 Å². The molecule has 0 fully saturated rings. The van der Waals surface area contributed by atoms with Gasteiger partial charge >= 0.3 is 0 Å². The predicted molar refractivity (Wildman–Crippen MR) is 123 cm³/mol. The van der Waals surface area contributed by atoms with Crippen molar-refractivity contribution in [3.05, 3.63) is 76.8 Å². The van der Waals surface area contributed by atoms with Gasteiger partial charge in [0, 0.05) is 16.3 Å². The van der Waals surface area contributed by atoms with Crippen molar-refractivity contribution in [3.63, 3.8) is 0 Å². The van der Waals surface area contributed by atoms with Gasteiger partial charge in [-0.25, -0.2) is 0 Å². The first-order valence-electron chi connectivity index (χ1n) is 10.1. The van der Waals surface area contributed by atoms with Gasteiger partial charge < -0.3 is 10.1 Å². The molecule has 158 valence electrons. The second-order valence-corrected chi connectivity index (χ2v) is 8.24. The summed E-state index contributed by atoms with van der Waals surface area (Å²) in [7, 11) is 0. The van der Waals surface area contributed by atoms with E-state index in [1.807, 2.05) is 43.3 Å². The van der Waals surface area contributed by atoms with E-state index in [2.05, 4.69) is 29.4 Å². The Morgan fingerprint density at radius 3 is 2.32 bits per heavy atom. The number of hydrogen-bond acceptors (Lipinski definition) is 4. The van der Waals surface area contributed by atoms with E-state index in [-0.39, 0.29) is 5.91 Å². The lowest BCUT2D eigenvalue weighted by Gasteiger charge is -2.10. The lowest BCUT2D eigenvalue weighted by Crippen LogP contribution is -2.13. The standard InChI is InChI=1S/C24H23ClN4O2/c1-15(2)14-31-20-10-4-17(5-11-20)24(30)26-21-13-23-22(12-16(21)3)27-29(28-23)19-8-6-18(25)7-9-19/h4-13,15H,14H2,1-3H3,(H,26,30). The summed E-state index contributed by atoms with van der Waals surface area (Å²) >= 11 is 5.96. The van der Waals surface area contributed by atoms with Crippen LogP contribution in [-0.2, 0) is 0 Å². The number of nitrogens with one attached hydrogen (secondary N) is 1. The number of aryl methyl sites for hydroxylation is 1. The Hall–Kier alpha value is -3.38. The Kier molecular flexibility index (Phi) is 5.91. The summed E-state index contributed by atoms with van der Waals surface area (Å²) in [5, 5.41) is 12.7. The summed E-state index contributed by atoms with van der Waals surface area (Å²) in [6, 6.07) is 18.2. The Morgan fingerprint density at radius 1 is 1.03 bits per heavy atom. The number of carbonyl (C=O) groups excluding carboxylic acids is 1. The maximum atomic E-state index is 12.7. The van der Waals surface area contributed by atoms with Crippen LogP contribution in [0.1, 0.15) is 29.8 Å². The van der Waals surface area contributed by atoms with Gasteiger partial charge in [-0.15, -0.1) is 10.2 Å². The van der Waals surface area contributed by atoms with Crippen LogP contribution in [-0.4, -0.2) is 27.5 Å². The van der Waals surface area contributed by atoms with Gasteiger partial charge in [0.1, 0.15) is 16.8 Å². The molecule has 0 atom stereocenters. The predicted octanol–water partition coefficient (Wildman–Crippen LogP) is 5.67. The molecule has 0 saturated carbocycles. The summed E-state index contributed by atoms with van der Waals surface area (Å²) in [5.74, 6) is 1.00. The highest BCUT2D eigenvalue weighted by Crippen LogP contribution is 2.23. The molecule has 1 aromatic heterocycles. The molecule has 31 heavy (non-hydrogen) atoms. The smallest absolute Gasteiger partial charge is 0.255 e. The summed E-state index contributed by atoms with van der Waals surface area (Å²) in [6.07, 6.45) is 0. The first-order valence-corrected chi connectivity index (χ1v) is 10.4. The van der Waals surface area contributed by atoms with Gasteiger partial charge in [-0.1, -0.05) is 25.4 Å². The van der Waals surface area contributed by atoms with E-state index in [0.717, 1.165) is 22.5 Å². The number of hydrogen-bond donors (Lipinski definition) is 1. The third-order valence-corrected chi connectivity index (χ3v) is 4.98. The van der Waals surface area contributed by atoms with Gasteiger partial charge in [0.25, 0.3) is 5.91 Å². The van der Waals surface area contributed by atoms with E-state index in [1.165, 1.54) is 0 Å². The van der Waals surface area contributed by atoms with E-state index in [9.17, 15) is 4.79 Å². The maximum Gasteiger partial charge on any atom is 0.255 e. The molecule has 0 aliphatic carbocycles. The molecule has 3 aromatic carbocycles. The fourth-order valence-electron chi connectivity index (χ4n) is 3.05. The molecular formula is C24H23ClN4O2. The Morgan fingerprint density at radius 2 is 1.68 bits per heavy atom. The highest BCUT2D eigenvalue weighted by molar-refractivity contribution is 6.30. The zero-order chi connectivity index (χ0) is 22.0. The van der Waals surface area contributed by atoms with E-state index in [4.69, 9.17) is 16.3 Å². The molecule has 0 saturated heterocycles. The largest absolute Gasteiger partial charge is 0.493 e. The minimum atomic E-state index is -0.192. The van der Waals surface area contributed by atoms with E-state index < -0.39 is 0 Å². The van der Waals surface area contributed by atoms with Crippen molar-refractivity contribution in [2.75, 3.05) is 11.9 Å². The number of anilines is 1. The van der Waals surface area contributed by atoms with Gasteiger partial charge in [-0.2, -0.15) is 4.80 Å². The molecule has 0 bridgehead atoms. The molecule has 0 aliphatic rings. The number of benzene rings is 3. The lowest BCUT2D eigenvalue weighted by molar-refractivity contribution is 0.102. The summed E-state index contributed by atoms with van der Waals surface area (Å²) < 4.78 is 5.68. The number of carbonyl (C=O) groups is 1. The van der Waals surface area contributed by atoms with Crippen LogP contribution in [0.3, 0.4) is 0 Å². The third-order valence-electron chi connectivity index (χ3n) is 4.73. The number of ether oxygens (including phenoxy) is 1. The van der Waals surface area contributed by atoms with Gasteiger partial charge in [0.15, 0.2) is 0 Å². The second kappa shape index (κ2) is 8.78. The number of nitrogens with zero attached hydrogens (tertiary/aromatic N) is 3. The molecule has 0 unspecified atom stereocenters. The lowest BCUT2D eigenvalue weighted by atomic mass is 10.1. The van der Waals surface area contributed by atoms with Crippen molar-refractivity contribution in [3.8, 4) is 11.4 Å². The van der Waals surface area contributed by atoms with Gasteiger partial charge in [-0.3, -0.25) is 4.79 Å². The molecule has 0 radical (unpaired) electrons. The SMILES string of the molecule is Cc1cc2nn(-c3ccc(Cl)cc3)nc2cc1NC(=O)c1ccc(OCC(C)C)cc1. The van der Waals surface area contributed by atoms with Crippen LogP contribution in [0.25, 0.3) is 16.7 Å². The minimum absolute atomic E-state index is 0.192. The van der Waals surface area contributed by atoms with Crippen molar-refractivity contribution in [2.45, 2.75) is 20.8 Å². The topological polar surface area (TPSA) is 69.0 Å². The molecule has 6 nitrogen and oxygen atoms in total. The number of amides is 1. The van der Waals surface area contributed by atoms with Gasteiger partial charge in [0.05, 0.1) is 12.3 Å². The van der Waals surface area contributed by atoms with Crippen LogP contribution in [0.5, 0.6) is 5.75 Å². The molecule has 0 spiro atoms. The fraction of sp³-hybridized carbons (Fsp3) is 0.208. The van der Waals surface area contributed by atoms with Crippen molar-refractivity contribution in [2.24, 2.45) is 5.92 Å². The highest BCUT2D eigenvalue weighted by atomic mass is 35.5. The van der Waals surface area contributed by atoms with Crippen LogP contribution in [0.2, 0.25) is 5.02 Å². The van der Waals surface area contributed by atoms with E-state index >= 15 is 0 Å². The minimum Gasteiger partial charge on any atom is -0.493 e. The molecule has 1 N–H and O–H groups in total. The number of fused-ring (bicyclic) bond motifs is 1. The van der Waals surface area contributed by atoms with Crippen LogP contribution in [0.4, 0.5) is 5.69 Å². The molecule has 1 amide bonds. The Balaban J connectivity index is 1.53. The fourth-order valence-corrected chi connectivity index (χ4v) is 3.18. The highest BCUT2D eigenvalue weighted by Gasteiger charge is 2.12. The molecule has 4 rings (SSSR count). The average molecular weight is 435 g/mol. The summed E-state index contributed by atoms with van der Waals surface area (Å²) in [5.41, 5.74) is 4.40. The third kappa shape index (κ3) is 4.86. The monoisotopic (exact) mass is 434 g/mol. The second-order valence-electron chi connectivity index (χ2n) is 7.81. The van der Waals surface area contributed by atoms with E-state index in [1.54, 1.807) is 29.1 Å². The number of halogens is 1. The Labute approximate surface area is 185 Å². The molecule has 4 aromatic rings. The maximum absolute atomic E-state index is 12.7. The summed E-state index contributed by atoms with van der Waals surface area (Å²) in [6.45, 7) is 6.75. The number of rotatable bonds is 6. The molecular weight excluding hydrogens is 412 g/mol. The van der Waals surface area contributed by atoms with Crippen molar-refractivity contribution in [1.82, 2.24) is 15.0 Å². The van der Waals surface area contributed by atoms with Crippen molar-refractivity contribution >= 4 is 34.2 Å². The van der Waals surface area contributed by atoms with Crippen LogP contribution >= 0.6 is 11.6 Å². The van der Waals surface area contributed by atoms with Gasteiger partial charge in [0.2, 0.25) is 0 Å². The Bertz CT molecular complexity index is 1220. The van der Waals surface area contributed by atoms with E-state index in [0.29, 0.717) is 34.3 Å². The first-order chi connectivity index (χ1) is 14.9. The normalized spacial score (nSPS) is 11.1. The average Bonchev–Trinajstić information content (AvgIpc) is 3.16. The van der Waals surface area contributed by atoms with Gasteiger partial charge in [-0.05, 0) is 79.1 Å². The van der Waals surface area contributed by atoms with Crippen LogP contribution in [0.15, 0.2) is 60.7 Å². The first kappa shape index (κ1) is 20.9. The zero-order valence-electron chi connectivity index (χ0n) is 17.6. The van der Waals surface area contributed by atoms with Crippen molar-refractivity contribution < 1.29 is 9.53 Å². The van der Waals surface area contributed by atoms with Crippen LogP contribution < -0.4 is 10.1 Å². The number of aromatic nitrogens is 3.